The molecule has 3 aromatic rings. The summed E-state index contributed by atoms with van der Waals surface area (Å²) in [5.41, 5.74) is 0.425. The first-order chi connectivity index (χ1) is 11.1. The van der Waals surface area contributed by atoms with Crippen LogP contribution in [-0.2, 0) is 5.60 Å². The van der Waals surface area contributed by atoms with Crippen molar-refractivity contribution in [2.45, 2.75) is 25.4 Å². The lowest BCUT2D eigenvalue weighted by atomic mass is 9.91. The second-order valence-electron chi connectivity index (χ2n) is 5.35. The molecule has 2 aromatic heterocycles. The topological polar surface area (TPSA) is 55.2 Å². The summed E-state index contributed by atoms with van der Waals surface area (Å²) in [6, 6.07) is 7.78. The van der Waals surface area contributed by atoms with E-state index < -0.39 is 5.60 Å². The minimum Gasteiger partial charge on any atom is -0.495 e. The molecule has 0 fully saturated rings. The maximum absolute atomic E-state index is 11.4. The molecule has 6 heteroatoms. The van der Waals surface area contributed by atoms with Crippen LogP contribution in [0.3, 0.4) is 0 Å². The van der Waals surface area contributed by atoms with Gasteiger partial charge in [-0.2, -0.15) is 0 Å². The van der Waals surface area contributed by atoms with Crippen molar-refractivity contribution >= 4 is 37.5 Å². The van der Waals surface area contributed by atoms with Gasteiger partial charge < -0.3 is 9.84 Å². The first-order valence-corrected chi connectivity index (χ1v) is 8.96. The van der Waals surface area contributed by atoms with Gasteiger partial charge in [-0.25, -0.2) is 4.98 Å². The average molecular weight is 393 g/mol. The highest BCUT2D eigenvalue weighted by molar-refractivity contribution is 9.10. The van der Waals surface area contributed by atoms with Gasteiger partial charge in [0.1, 0.15) is 16.4 Å². The van der Waals surface area contributed by atoms with E-state index in [1.807, 2.05) is 31.2 Å². The van der Waals surface area contributed by atoms with Gasteiger partial charge in [0.15, 0.2) is 0 Å². The van der Waals surface area contributed by atoms with E-state index in [1.165, 1.54) is 11.3 Å². The Morgan fingerprint density at radius 2 is 2.13 bits per heavy atom. The molecule has 120 valence electrons. The minimum atomic E-state index is -1.16. The van der Waals surface area contributed by atoms with Crippen LogP contribution in [-0.4, -0.2) is 22.2 Å². The van der Waals surface area contributed by atoms with Crippen molar-refractivity contribution < 1.29 is 9.84 Å². The molecule has 0 spiro atoms. The summed E-state index contributed by atoms with van der Waals surface area (Å²) in [7, 11) is 1.59. The zero-order valence-corrected chi connectivity index (χ0v) is 15.3. The second kappa shape index (κ2) is 6.55. The molecule has 1 unspecified atom stereocenters. The first-order valence-electron chi connectivity index (χ1n) is 7.35. The van der Waals surface area contributed by atoms with Gasteiger partial charge in [-0.15, -0.1) is 11.3 Å². The van der Waals surface area contributed by atoms with Crippen LogP contribution >= 0.6 is 27.3 Å². The molecule has 0 saturated heterocycles. The van der Waals surface area contributed by atoms with Gasteiger partial charge in [0.2, 0.25) is 0 Å². The number of ether oxygens (including phenoxy) is 1. The van der Waals surface area contributed by atoms with Crippen LogP contribution in [0, 0.1) is 0 Å². The van der Waals surface area contributed by atoms with Crippen molar-refractivity contribution in [1.29, 1.82) is 0 Å². The summed E-state index contributed by atoms with van der Waals surface area (Å²) in [4.78, 5) is 8.85. The Morgan fingerprint density at radius 1 is 1.30 bits per heavy atom. The van der Waals surface area contributed by atoms with E-state index in [2.05, 4.69) is 25.9 Å². The number of aliphatic hydroxyl groups is 1. The van der Waals surface area contributed by atoms with Crippen molar-refractivity contribution in [2.24, 2.45) is 0 Å². The third kappa shape index (κ3) is 3.11. The highest BCUT2D eigenvalue weighted by Crippen LogP contribution is 2.39. The van der Waals surface area contributed by atoms with Gasteiger partial charge in [-0.1, -0.05) is 29.3 Å². The van der Waals surface area contributed by atoms with Crippen LogP contribution in [0.5, 0.6) is 5.75 Å². The minimum absolute atomic E-state index is 0.572. The van der Waals surface area contributed by atoms with E-state index in [9.17, 15) is 5.11 Å². The lowest BCUT2D eigenvalue weighted by Gasteiger charge is -2.26. The molecular weight excluding hydrogens is 376 g/mol. The van der Waals surface area contributed by atoms with Crippen molar-refractivity contribution in [3.05, 3.63) is 51.7 Å². The average Bonchev–Trinajstić information content (AvgIpc) is 2.98. The number of thiazole rings is 1. The van der Waals surface area contributed by atoms with Gasteiger partial charge in [-0.05, 0) is 30.7 Å². The molecule has 0 saturated carbocycles. The Kier molecular flexibility index (Phi) is 4.66. The molecule has 0 aliphatic heterocycles. The van der Waals surface area contributed by atoms with E-state index >= 15 is 0 Å². The predicted octanol–water partition coefficient (Wildman–Crippen LogP) is 4.50. The van der Waals surface area contributed by atoms with Gasteiger partial charge in [0.25, 0.3) is 0 Å². The summed E-state index contributed by atoms with van der Waals surface area (Å²) >= 11 is 4.97. The van der Waals surface area contributed by atoms with Gasteiger partial charge in [0, 0.05) is 16.2 Å². The Morgan fingerprint density at radius 3 is 2.87 bits per heavy atom. The van der Waals surface area contributed by atoms with Crippen LogP contribution in [0.15, 0.2) is 41.1 Å². The van der Waals surface area contributed by atoms with Crippen LogP contribution < -0.4 is 4.74 Å². The van der Waals surface area contributed by atoms with E-state index in [0.717, 1.165) is 21.1 Å². The number of halogens is 1. The van der Waals surface area contributed by atoms with Crippen molar-refractivity contribution in [1.82, 2.24) is 9.97 Å². The summed E-state index contributed by atoms with van der Waals surface area (Å²) < 4.78 is 7.27. The van der Waals surface area contributed by atoms with Gasteiger partial charge >= 0.3 is 0 Å². The molecule has 0 bridgehead atoms. The highest BCUT2D eigenvalue weighted by atomic mass is 79.9. The zero-order chi connectivity index (χ0) is 16.4. The zero-order valence-electron chi connectivity index (χ0n) is 12.9. The number of rotatable bonds is 5. The second-order valence-corrected chi connectivity index (χ2v) is 7.30. The van der Waals surface area contributed by atoms with E-state index in [4.69, 9.17) is 4.74 Å². The smallest absolute Gasteiger partial charge is 0.143 e. The first kappa shape index (κ1) is 16.4. The molecule has 0 radical (unpaired) electrons. The van der Waals surface area contributed by atoms with Crippen LogP contribution in [0.25, 0.3) is 10.2 Å². The molecule has 0 amide bonds. The molecule has 23 heavy (non-hydrogen) atoms. The molecule has 2 heterocycles. The molecule has 1 N–H and O–H groups in total. The normalized spacial score (nSPS) is 13.9. The highest BCUT2D eigenvalue weighted by Gasteiger charge is 2.35. The fourth-order valence-electron chi connectivity index (χ4n) is 2.57. The van der Waals surface area contributed by atoms with E-state index in [-0.39, 0.29) is 0 Å². The third-order valence-electron chi connectivity index (χ3n) is 3.74. The molecule has 1 aromatic carbocycles. The molecular formula is C17H17BrN2O2S. The molecule has 4 nitrogen and oxygen atoms in total. The van der Waals surface area contributed by atoms with Crippen LogP contribution in [0.4, 0.5) is 0 Å². The number of aromatic nitrogens is 2. The SMILES string of the molecule is CCCC(O)(c1cncc(OC)c1)c1nc2cc(Br)ccc2s1. The van der Waals surface area contributed by atoms with E-state index in [1.54, 1.807) is 19.5 Å². The number of pyridine rings is 1. The summed E-state index contributed by atoms with van der Waals surface area (Å²) in [5, 5.41) is 12.1. The Labute approximate surface area is 147 Å². The summed E-state index contributed by atoms with van der Waals surface area (Å²) in [6.45, 7) is 2.04. The number of benzene rings is 1. The molecule has 1 atom stereocenters. The van der Waals surface area contributed by atoms with Crippen LogP contribution in [0.1, 0.15) is 30.3 Å². The molecule has 3 rings (SSSR count). The van der Waals surface area contributed by atoms with Gasteiger partial charge in [-0.3, -0.25) is 4.98 Å². The Bertz CT molecular complexity index is 836. The molecule has 0 aliphatic carbocycles. The number of hydrogen-bond acceptors (Lipinski definition) is 5. The summed E-state index contributed by atoms with van der Waals surface area (Å²) in [6.07, 6.45) is 4.71. The quantitative estimate of drug-likeness (QED) is 0.694. The lowest BCUT2D eigenvalue weighted by Crippen LogP contribution is -2.27. The fraction of sp³-hybridized carbons (Fsp3) is 0.294. The van der Waals surface area contributed by atoms with E-state index in [0.29, 0.717) is 22.7 Å². The largest absolute Gasteiger partial charge is 0.495 e. The predicted molar refractivity (Wildman–Crippen MR) is 96.0 cm³/mol. The number of methoxy groups -OCH3 is 1. The van der Waals surface area contributed by atoms with Gasteiger partial charge in [0.05, 0.1) is 23.5 Å². The number of nitrogens with zero attached hydrogens (tertiary/aromatic N) is 2. The Balaban J connectivity index is 2.14. The number of hydrogen-bond donors (Lipinski definition) is 1. The molecule has 0 aliphatic rings. The van der Waals surface area contributed by atoms with Crippen molar-refractivity contribution in [3.63, 3.8) is 0 Å². The fourth-order valence-corrected chi connectivity index (χ4v) is 4.01. The number of fused-ring (bicyclic) bond motifs is 1. The van der Waals surface area contributed by atoms with Crippen molar-refractivity contribution in [3.8, 4) is 5.75 Å². The summed E-state index contributed by atoms with van der Waals surface area (Å²) in [5.74, 6) is 0.626. The van der Waals surface area contributed by atoms with Crippen molar-refractivity contribution in [2.75, 3.05) is 7.11 Å². The maximum atomic E-state index is 11.4. The maximum Gasteiger partial charge on any atom is 0.143 e. The van der Waals surface area contributed by atoms with Crippen LogP contribution in [0.2, 0.25) is 0 Å². The Hall–Kier alpha value is -1.50. The standard InChI is InChI=1S/C17H17BrN2O2S/c1-3-6-17(21,11-7-13(22-2)10-19-9-11)16-20-14-8-12(18)4-5-15(14)23-16/h4-5,7-10,21H,3,6H2,1-2H3. The lowest BCUT2D eigenvalue weighted by molar-refractivity contribution is 0.0695. The monoisotopic (exact) mass is 392 g/mol. The third-order valence-corrected chi connectivity index (χ3v) is 5.42.